The van der Waals surface area contributed by atoms with E-state index in [4.69, 9.17) is 4.74 Å². The van der Waals surface area contributed by atoms with Gasteiger partial charge in [0.25, 0.3) is 5.56 Å². The molecule has 1 aromatic heterocycles. The number of pyridine rings is 1. The van der Waals surface area contributed by atoms with Gasteiger partial charge in [-0.3, -0.25) is 9.36 Å². The summed E-state index contributed by atoms with van der Waals surface area (Å²) in [6, 6.07) is 5.31. The lowest BCUT2D eigenvalue weighted by Crippen LogP contribution is -2.31. The Bertz CT molecular complexity index is 1400. The van der Waals surface area contributed by atoms with Crippen LogP contribution in [0, 0.1) is 18.6 Å². The van der Waals surface area contributed by atoms with E-state index < -0.39 is 52.9 Å². The number of carbonyl (C=O) groups is 1. The average molecular weight is 511 g/mol. The van der Waals surface area contributed by atoms with Crippen LogP contribution in [0.25, 0.3) is 11.1 Å². The summed E-state index contributed by atoms with van der Waals surface area (Å²) < 4.78 is 76.7. The maximum atomic E-state index is 15.2. The van der Waals surface area contributed by atoms with Gasteiger partial charge < -0.3 is 9.84 Å². The van der Waals surface area contributed by atoms with Crippen molar-refractivity contribution in [2.24, 2.45) is 0 Å². The number of hydrogen-bond acceptors (Lipinski definition) is 4. The fourth-order valence-corrected chi connectivity index (χ4v) is 5.61. The third kappa shape index (κ3) is 4.18. The molecule has 0 aliphatic carbocycles. The minimum absolute atomic E-state index is 0.0650. The Morgan fingerprint density at radius 3 is 2.49 bits per heavy atom. The molecule has 2 aromatic carbocycles. The Morgan fingerprint density at radius 2 is 1.86 bits per heavy atom. The van der Waals surface area contributed by atoms with E-state index in [2.05, 4.69) is 0 Å². The molecule has 0 amide bonds. The quantitative estimate of drug-likeness (QED) is 0.462. The SMILES string of the molecule is COc1cccc(-c2c(C)c(Cc3c(F)cccc3C(F)(F)F)c3n(c2=O)C(C(=O)O)CS3)c1F. The van der Waals surface area contributed by atoms with Crippen LogP contribution in [0.1, 0.15) is 28.3 Å². The molecule has 2 heterocycles. The van der Waals surface area contributed by atoms with E-state index in [0.29, 0.717) is 0 Å². The average Bonchev–Trinajstić information content (AvgIpc) is 3.23. The maximum absolute atomic E-state index is 15.2. The molecular formula is C24H18F5NO4S. The third-order valence-electron chi connectivity index (χ3n) is 5.94. The van der Waals surface area contributed by atoms with Gasteiger partial charge in [-0.05, 0) is 36.2 Å². The zero-order valence-electron chi connectivity index (χ0n) is 18.4. The van der Waals surface area contributed by atoms with Gasteiger partial charge in [-0.25, -0.2) is 13.6 Å². The van der Waals surface area contributed by atoms with E-state index in [9.17, 15) is 32.3 Å². The third-order valence-corrected chi connectivity index (χ3v) is 7.14. The molecular weight excluding hydrogens is 493 g/mol. The smallest absolute Gasteiger partial charge is 0.416 e. The fraction of sp³-hybridized carbons (Fsp3) is 0.250. The van der Waals surface area contributed by atoms with Gasteiger partial charge in [0, 0.05) is 23.3 Å². The number of thioether (sulfide) groups is 1. The van der Waals surface area contributed by atoms with Crippen molar-refractivity contribution in [3.63, 3.8) is 0 Å². The number of alkyl halides is 3. The zero-order valence-corrected chi connectivity index (χ0v) is 19.2. The number of nitrogens with zero attached hydrogens (tertiary/aromatic N) is 1. The van der Waals surface area contributed by atoms with Crippen LogP contribution in [0.4, 0.5) is 22.0 Å². The number of aromatic nitrogens is 1. The number of ether oxygens (including phenoxy) is 1. The molecule has 1 N–H and O–H groups in total. The number of hydrogen-bond donors (Lipinski definition) is 1. The van der Waals surface area contributed by atoms with Crippen LogP contribution in [0.15, 0.2) is 46.2 Å². The number of aliphatic carboxylic acids is 1. The Morgan fingerprint density at radius 1 is 1.17 bits per heavy atom. The number of carboxylic acid groups (broad SMARTS) is 1. The van der Waals surface area contributed by atoms with Gasteiger partial charge in [-0.2, -0.15) is 13.2 Å². The number of halogens is 5. The first-order valence-corrected chi connectivity index (χ1v) is 11.3. The van der Waals surface area contributed by atoms with Gasteiger partial charge in [0.15, 0.2) is 11.6 Å². The number of methoxy groups -OCH3 is 1. The summed E-state index contributed by atoms with van der Waals surface area (Å²) in [6.07, 6.45) is -5.43. The van der Waals surface area contributed by atoms with Gasteiger partial charge in [0.05, 0.1) is 23.3 Å². The molecule has 184 valence electrons. The predicted molar refractivity (Wildman–Crippen MR) is 119 cm³/mol. The van der Waals surface area contributed by atoms with Crippen molar-refractivity contribution < 1.29 is 36.6 Å². The largest absolute Gasteiger partial charge is 0.494 e. The normalized spacial score (nSPS) is 15.2. The van der Waals surface area contributed by atoms with Crippen LogP contribution >= 0.6 is 11.8 Å². The van der Waals surface area contributed by atoms with Gasteiger partial charge in [0.2, 0.25) is 0 Å². The summed E-state index contributed by atoms with van der Waals surface area (Å²) in [4.78, 5) is 25.3. The van der Waals surface area contributed by atoms with Crippen LogP contribution in [-0.2, 0) is 17.4 Å². The number of benzene rings is 2. The fourth-order valence-electron chi connectivity index (χ4n) is 4.25. The Kier molecular flexibility index (Phi) is 6.39. The minimum atomic E-state index is -4.85. The first kappa shape index (κ1) is 24.8. The van der Waals surface area contributed by atoms with E-state index in [1.54, 1.807) is 0 Å². The number of fused-ring (bicyclic) bond motifs is 1. The Balaban J connectivity index is 2.05. The van der Waals surface area contributed by atoms with Gasteiger partial charge in [0.1, 0.15) is 11.9 Å². The molecule has 35 heavy (non-hydrogen) atoms. The lowest BCUT2D eigenvalue weighted by molar-refractivity contribution is -0.140. The van der Waals surface area contributed by atoms with E-state index in [0.717, 1.165) is 34.5 Å². The molecule has 0 bridgehead atoms. The monoisotopic (exact) mass is 511 g/mol. The van der Waals surface area contributed by atoms with Gasteiger partial charge in [-0.15, -0.1) is 11.8 Å². The van der Waals surface area contributed by atoms with Crippen LogP contribution < -0.4 is 10.3 Å². The van der Waals surface area contributed by atoms with Crippen LogP contribution in [0.2, 0.25) is 0 Å². The van der Waals surface area contributed by atoms with Crippen molar-refractivity contribution in [3.05, 3.63) is 80.6 Å². The summed E-state index contributed by atoms with van der Waals surface area (Å²) >= 11 is 0.973. The lowest BCUT2D eigenvalue weighted by Gasteiger charge is -2.21. The molecule has 11 heteroatoms. The Labute approximate surface area is 200 Å². The van der Waals surface area contributed by atoms with Crippen molar-refractivity contribution in [1.29, 1.82) is 0 Å². The molecule has 0 saturated heterocycles. The van der Waals surface area contributed by atoms with Gasteiger partial charge >= 0.3 is 12.1 Å². The van der Waals surface area contributed by atoms with Gasteiger partial charge in [-0.1, -0.05) is 18.2 Å². The zero-order chi connectivity index (χ0) is 25.7. The summed E-state index contributed by atoms with van der Waals surface area (Å²) in [7, 11) is 1.23. The molecule has 1 aliphatic heterocycles. The highest BCUT2D eigenvalue weighted by Gasteiger charge is 2.38. The van der Waals surface area contributed by atoms with Crippen molar-refractivity contribution in [2.75, 3.05) is 12.9 Å². The number of rotatable bonds is 5. The highest BCUT2D eigenvalue weighted by atomic mass is 32.2. The van der Waals surface area contributed by atoms with Crippen molar-refractivity contribution in [3.8, 4) is 16.9 Å². The minimum Gasteiger partial charge on any atom is -0.494 e. The standard InChI is InChI=1S/C24H18F5NO4S/c1-11-13(9-14-15(24(27,28)29)6-4-7-16(14)25)22-30(17(10-35-22)23(32)33)21(31)19(11)12-5-3-8-18(34-2)20(12)26/h3-8,17H,9-10H2,1-2H3,(H,32,33). The molecule has 4 rings (SSSR count). The molecule has 1 atom stereocenters. The van der Waals surface area contributed by atoms with E-state index in [1.807, 2.05) is 0 Å². The first-order valence-electron chi connectivity index (χ1n) is 10.3. The summed E-state index contributed by atoms with van der Waals surface area (Å²) in [5, 5.41) is 9.77. The second kappa shape index (κ2) is 9.03. The molecule has 5 nitrogen and oxygen atoms in total. The summed E-state index contributed by atoms with van der Waals surface area (Å²) in [6.45, 7) is 1.43. The maximum Gasteiger partial charge on any atom is 0.416 e. The topological polar surface area (TPSA) is 68.5 Å². The molecule has 1 aliphatic rings. The van der Waals surface area contributed by atoms with Crippen LogP contribution in [-0.4, -0.2) is 28.5 Å². The lowest BCUT2D eigenvalue weighted by atomic mass is 9.92. The molecule has 0 saturated carbocycles. The highest BCUT2D eigenvalue weighted by Crippen LogP contribution is 2.42. The molecule has 1 unspecified atom stereocenters. The summed E-state index contributed by atoms with van der Waals surface area (Å²) in [5.41, 5.74) is -2.83. The number of carboxylic acids is 1. The second-order valence-corrected chi connectivity index (χ2v) is 8.89. The van der Waals surface area contributed by atoms with Crippen molar-refractivity contribution in [1.82, 2.24) is 4.57 Å². The summed E-state index contributed by atoms with van der Waals surface area (Å²) in [5.74, 6) is -3.56. The van der Waals surface area contributed by atoms with Crippen LogP contribution in [0.3, 0.4) is 0 Å². The van der Waals surface area contributed by atoms with E-state index >= 15 is 4.39 Å². The first-order chi connectivity index (χ1) is 16.5. The van der Waals surface area contributed by atoms with E-state index in [1.165, 1.54) is 32.2 Å². The van der Waals surface area contributed by atoms with Crippen molar-refractivity contribution in [2.45, 2.75) is 30.6 Å². The highest BCUT2D eigenvalue weighted by molar-refractivity contribution is 7.99. The predicted octanol–water partition coefficient (Wildman–Crippen LogP) is 5.45. The molecule has 0 spiro atoms. The molecule has 0 radical (unpaired) electrons. The van der Waals surface area contributed by atoms with Crippen LogP contribution in [0.5, 0.6) is 5.75 Å². The van der Waals surface area contributed by atoms with Crippen molar-refractivity contribution >= 4 is 17.7 Å². The Hall–Kier alpha value is -3.34. The molecule has 0 fully saturated rings. The second-order valence-electron chi connectivity index (χ2n) is 7.89. The molecule has 3 aromatic rings. The van der Waals surface area contributed by atoms with E-state index in [-0.39, 0.29) is 38.8 Å².